The van der Waals surface area contributed by atoms with E-state index in [1.54, 1.807) is 12.4 Å². The number of fused-ring (bicyclic) bond motifs is 3. The number of carbonyl (C=O) groups excluding carboxylic acids is 1. The molecular formula is C28H28N8O. The average molecular weight is 493 g/mol. The SMILES string of the molecule is N#CC1(C2(NC(=O)N3CCC4(CCn5nc(-c6cnc7ccccc7c6)cc54)C3)CCC2)C=CNN=C1. The summed E-state index contributed by atoms with van der Waals surface area (Å²) in [7, 11) is 0. The highest BCUT2D eigenvalue weighted by atomic mass is 16.2. The Morgan fingerprint density at radius 2 is 2.00 bits per heavy atom. The van der Waals surface area contributed by atoms with Gasteiger partial charge in [0.1, 0.15) is 5.41 Å². The minimum atomic E-state index is -0.932. The van der Waals surface area contributed by atoms with Gasteiger partial charge in [0.05, 0.1) is 29.0 Å². The van der Waals surface area contributed by atoms with E-state index in [1.165, 1.54) is 5.69 Å². The third kappa shape index (κ3) is 3.21. The zero-order chi connectivity index (χ0) is 25.1. The standard InChI is InChI=1S/C28H28N8O/c29-17-27(8-11-31-32-18-27)28(6-3-7-28)33-25(37)35-12-9-26(19-35)10-13-36-24(26)15-23(34-36)21-14-20-4-1-2-5-22(20)30-16-21/h1-2,4-5,8,11,14-16,18,31H,3,6-7,9-10,12-13,19H2,(H,33,37). The van der Waals surface area contributed by atoms with E-state index in [-0.39, 0.29) is 11.4 Å². The minimum Gasteiger partial charge on any atom is -0.330 e. The Bertz CT molecular complexity index is 1500. The number of pyridine rings is 1. The molecule has 9 nitrogen and oxygen atoms in total. The second kappa shape index (κ2) is 7.90. The van der Waals surface area contributed by atoms with Gasteiger partial charge in [0.25, 0.3) is 0 Å². The van der Waals surface area contributed by atoms with Gasteiger partial charge in [-0.2, -0.15) is 15.5 Å². The highest BCUT2D eigenvalue weighted by molar-refractivity contribution is 5.83. The Morgan fingerprint density at radius 1 is 1.14 bits per heavy atom. The van der Waals surface area contributed by atoms with Crippen LogP contribution in [0.25, 0.3) is 22.2 Å². The number of hydrogen-bond donors (Lipinski definition) is 2. The number of nitrogens with one attached hydrogen (secondary N) is 2. The van der Waals surface area contributed by atoms with Crippen LogP contribution < -0.4 is 10.7 Å². The van der Waals surface area contributed by atoms with Gasteiger partial charge >= 0.3 is 6.03 Å². The molecule has 3 aromatic rings. The molecule has 1 aliphatic carbocycles. The summed E-state index contributed by atoms with van der Waals surface area (Å²) in [4.78, 5) is 20.1. The number of rotatable bonds is 3. The van der Waals surface area contributed by atoms with E-state index in [4.69, 9.17) is 5.10 Å². The van der Waals surface area contributed by atoms with Crippen molar-refractivity contribution >= 4 is 23.1 Å². The van der Waals surface area contributed by atoms with Crippen molar-refractivity contribution in [3.63, 3.8) is 0 Å². The number of aryl methyl sites for hydroxylation is 1. The van der Waals surface area contributed by atoms with Gasteiger partial charge in [-0.1, -0.05) is 18.2 Å². The van der Waals surface area contributed by atoms with Crippen LogP contribution in [0.3, 0.4) is 0 Å². The summed E-state index contributed by atoms with van der Waals surface area (Å²) in [6.45, 7) is 2.19. The third-order valence-electron chi connectivity index (χ3n) is 8.95. The maximum Gasteiger partial charge on any atom is 0.317 e. The first-order chi connectivity index (χ1) is 18.1. The van der Waals surface area contributed by atoms with E-state index in [0.29, 0.717) is 13.1 Å². The summed E-state index contributed by atoms with van der Waals surface area (Å²) in [5.41, 5.74) is 5.23. The first-order valence-electron chi connectivity index (χ1n) is 12.9. The van der Waals surface area contributed by atoms with Gasteiger partial charge in [0.15, 0.2) is 0 Å². The number of hydrazone groups is 1. The lowest BCUT2D eigenvalue weighted by Crippen LogP contribution is -2.66. The van der Waals surface area contributed by atoms with Crippen molar-refractivity contribution in [1.82, 2.24) is 30.4 Å². The number of benzene rings is 1. The molecule has 5 heterocycles. The summed E-state index contributed by atoms with van der Waals surface area (Å²) < 4.78 is 2.11. The van der Waals surface area contributed by atoms with Gasteiger partial charge in [-0.05, 0) is 56.4 Å². The fraction of sp³-hybridized carbons (Fsp3) is 0.393. The molecule has 2 N–H and O–H groups in total. The van der Waals surface area contributed by atoms with Crippen LogP contribution in [0.1, 0.15) is 37.8 Å². The largest absolute Gasteiger partial charge is 0.330 e. The van der Waals surface area contributed by atoms with Crippen molar-refractivity contribution in [3.8, 4) is 17.3 Å². The van der Waals surface area contributed by atoms with Gasteiger partial charge in [-0.15, -0.1) is 0 Å². The highest BCUT2D eigenvalue weighted by Crippen LogP contribution is 2.48. The quantitative estimate of drug-likeness (QED) is 0.579. The molecule has 3 aliphatic heterocycles. The summed E-state index contributed by atoms with van der Waals surface area (Å²) in [6.07, 6.45) is 11.4. The number of para-hydroxylation sites is 1. The predicted molar refractivity (Wildman–Crippen MR) is 139 cm³/mol. The van der Waals surface area contributed by atoms with Crippen molar-refractivity contribution in [2.75, 3.05) is 13.1 Å². The van der Waals surface area contributed by atoms with Crippen molar-refractivity contribution in [2.45, 2.75) is 49.6 Å². The molecule has 2 unspecified atom stereocenters. The van der Waals surface area contributed by atoms with Crippen LogP contribution in [0.2, 0.25) is 0 Å². The van der Waals surface area contributed by atoms with E-state index < -0.39 is 11.0 Å². The van der Waals surface area contributed by atoms with Crippen LogP contribution in [0.5, 0.6) is 0 Å². The first kappa shape index (κ1) is 22.0. The molecule has 1 saturated carbocycles. The number of aromatic nitrogens is 3. The molecular weight excluding hydrogens is 464 g/mol. The van der Waals surface area contributed by atoms with Crippen LogP contribution >= 0.6 is 0 Å². The lowest BCUT2D eigenvalue weighted by molar-refractivity contribution is 0.118. The normalized spacial score (nSPS) is 27.1. The molecule has 1 aromatic carbocycles. The number of urea groups is 1. The second-order valence-corrected chi connectivity index (χ2v) is 10.8. The molecule has 1 saturated heterocycles. The number of amides is 2. The zero-order valence-corrected chi connectivity index (χ0v) is 20.5. The molecule has 1 spiro atoms. The van der Waals surface area contributed by atoms with Crippen molar-refractivity contribution < 1.29 is 4.79 Å². The molecule has 7 rings (SSSR count). The lowest BCUT2D eigenvalue weighted by atomic mass is 9.59. The summed E-state index contributed by atoms with van der Waals surface area (Å²) in [5, 5.41) is 23.5. The smallest absolute Gasteiger partial charge is 0.317 e. The van der Waals surface area contributed by atoms with Crippen LogP contribution in [-0.4, -0.2) is 50.5 Å². The number of likely N-dealkylation sites (tertiary alicyclic amines) is 1. The van der Waals surface area contributed by atoms with E-state index in [0.717, 1.165) is 60.8 Å². The number of nitrogens with zero attached hydrogens (tertiary/aromatic N) is 6. The first-order valence-corrected chi connectivity index (χ1v) is 12.9. The van der Waals surface area contributed by atoms with Crippen molar-refractivity contribution in [1.29, 1.82) is 5.26 Å². The fourth-order valence-corrected chi connectivity index (χ4v) is 6.58. The van der Waals surface area contributed by atoms with Gasteiger partial charge in [-0.25, -0.2) is 4.79 Å². The molecule has 0 radical (unpaired) electrons. The maximum atomic E-state index is 13.5. The molecule has 4 aliphatic rings. The number of nitriles is 1. The Labute approximate surface area is 214 Å². The molecule has 0 bridgehead atoms. The molecule has 2 aromatic heterocycles. The molecule has 2 amide bonds. The molecule has 2 fully saturated rings. The van der Waals surface area contributed by atoms with E-state index in [2.05, 4.69) is 49.8 Å². The Balaban J connectivity index is 1.12. The Morgan fingerprint density at radius 3 is 2.78 bits per heavy atom. The van der Waals surface area contributed by atoms with E-state index >= 15 is 0 Å². The average Bonchev–Trinajstić information content (AvgIpc) is 3.63. The topological polar surface area (TPSA) is 111 Å². The van der Waals surface area contributed by atoms with Gasteiger partial charge in [-0.3, -0.25) is 15.1 Å². The maximum absolute atomic E-state index is 13.5. The molecule has 2 atom stereocenters. The second-order valence-electron chi connectivity index (χ2n) is 10.8. The van der Waals surface area contributed by atoms with E-state index in [9.17, 15) is 10.1 Å². The fourth-order valence-electron chi connectivity index (χ4n) is 6.58. The van der Waals surface area contributed by atoms with Crippen molar-refractivity contribution in [2.24, 2.45) is 10.5 Å². The zero-order valence-electron chi connectivity index (χ0n) is 20.5. The van der Waals surface area contributed by atoms with Gasteiger partial charge in [0, 0.05) is 54.1 Å². The Kier molecular flexibility index (Phi) is 4.71. The minimum absolute atomic E-state index is 0.0940. The number of carbonyl (C=O) groups is 1. The van der Waals surface area contributed by atoms with Crippen LogP contribution in [0.15, 0.2) is 60.0 Å². The predicted octanol–water partition coefficient (Wildman–Crippen LogP) is 3.69. The lowest BCUT2D eigenvalue weighted by Gasteiger charge is -2.50. The van der Waals surface area contributed by atoms with Crippen molar-refractivity contribution in [3.05, 3.63) is 60.6 Å². The van der Waals surface area contributed by atoms with Gasteiger partial charge < -0.3 is 10.2 Å². The summed E-state index contributed by atoms with van der Waals surface area (Å²) >= 11 is 0. The Hall–Kier alpha value is -4.19. The van der Waals surface area contributed by atoms with Gasteiger partial charge in [0.2, 0.25) is 0 Å². The third-order valence-corrected chi connectivity index (χ3v) is 8.95. The molecule has 37 heavy (non-hydrogen) atoms. The monoisotopic (exact) mass is 492 g/mol. The van der Waals surface area contributed by atoms with E-state index in [1.807, 2.05) is 35.4 Å². The molecule has 9 heteroatoms. The summed E-state index contributed by atoms with van der Waals surface area (Å²) in [5.74, 6) is 0. The van der Waals surface area contributed by atoms with Crippen LogP contribution in [-0.2, 0) is 12.0 Å². The highest BCUT2D eigenvalue weighted by Gasteiger charge is 2.56. The van der Waals surface area contributed by atoms with Crippen LogP contribution in [0, 0.1) is 16.7 Å². The van der Waals surface area contributed by atoms with Crippen LogP contribution in [0.4, 0.5) is 4.79 Å². The summed E-state index contributed by atoms with van der Waals surface area (Å²) in [6, 6.07) is 14.8. The number of hydrogen-bond acceptors (Lipinski definition) is 6. The molecule has 186 valence electrons.